The molecule has 0 aromatic heterocycles. The third-order valence-corrected chi connectivity index (χ3v) is 11.1. The lowest BCUT2D eigenvalue weighted by Crippen LogP contribution is -2.66. The fourth-order valence-corrected chi connectivity index (χ4v) is 7.86. The van der Waals surface area contributed by atoms with Crippen molar-refractivity contribution in [2.75, 3.05) is 20.3 Å². The van der Waals surface area contributed by atoms with Crippen LogP contribution < -0.4 is 4.74 Å². The molecule has 7 rings (SSSR count). The molecule has 2 aliphatic rings. The van der Waals surface area contributed by atoms with Crippen LogP contribution in [-0.4, -0.2) is 98.8 Å². The van der Waals surface area contributed by atoms with Gasteiger partial charge in [0.15, 0.2) is 24.8 Å². The van der Waals surface area contributed by atoms with E-state index >= 15 is 0 Å². The smallest absolute Gasteiger partial charge is 0.303 e. The van der Waals surface area contributed by atoms with Crippen LogP contribution in [0.1, 0.15) is 41.7 Å². The van der Waals surface area contributed by atoms with Gasteiger partial charge in [-0.3, -0.25) is 9.59 Å². The minimum atomic E-state index is -1.48. The maximum Gasteiger partial charge on any atom is 0.303 e. The number of rotatable bonds is 22. The molecular formula is C52H58O14. The molecule has 10 atom stereocenters. The van der Waals surface area contributed by atoms with E-state index in [4.69, 9.17) is 52.1 Å². The van der Waals surface area contributed by atoms with Gasteiger partial charge < -0.3 is 57.2 Å². The summed E-state index contributed by atoms with van der Waals surface area (Å²) >= 11 is 0. The van der Waals surface area contributed by atoms with Gasteiger partial charge in [-0.05, 0) is 39.9 Å². The molecule has 0 spiro atoms. The largest absolute Gasteiger partial charge is 0.497 e. The summed E-state index contributed by atoms with van der Waals surface area (Å²) in [6.45, 7) is 3.04. The molecule has 66 heavy (non-hydrogen) atoms. The monoisotopic (exact) mass is 906 g/mol. The Labute approximate surface area is 385 Å². The number of methoxy groups -OCH3 is 1. The molecule has 2 fully saturated rings. The van der Waals surface area contributed by atoms with Gasteiger partial charge in [-0.2, -0.15) is 0 Å². The first-order chi connectivity index (χ1) is 32.2. The van der Waals surface area contributed by atoms with E-state index in [2.05, 4.69) is 0 Å². The lowest BCUT2D eigenvalue weighted by Gasteiger charge is -2.49. The molecule has 0 radical (unpaired) electrons. The zero-order valence-electron chi connectivity index (χ0n) is 37.3. The van der Waals surface area contributed by atoms with Crippen molar-refractivity contribution in [3.05, 3.63) is 173 Å². The highest BCUT2D eigenvalue weighted by Gasteiger charge is 2.55. The van der Waals surface area contributed by atoms with Gasteiger partial charge in [0.1, 0.15) is 42.4 Å². The number of esters is 2. The standard InChI is InChI=1S/C52H58O14/c1-35(53)62-46-44(34-58-29-38-18-10-5-11-19-38)65-52(50(48(46)63-36(2)54)61-32-41-24-26-42(56-3)27-25-41)66-45-43(33-57-28-37-16-8-4-9-17-37)64-51(55)49(60-31-40-22-14-7-15-23-40)47(45)59-30-39-20-12-6-13-21-39/h4-27,43-52,55H,28-34H2,1-3H3/t43-,44-,45-,46+,47+,48+,49-,50-,51+,52+/m1/s1. The van der Waals surface area contributed by atoms with Gasteiger partial charge >= 0.3 is 11.9 Å². The quantitative estimate of drug-likeness (QED) is 0.0718. The Kier molecular flexibility index (Phi) is 18.2. The number of hydrogen-bond donors (Lipinski definition) is 1. The van der Waals surface area contributed by atoms with Crippen molar-refractivity contribution in [3.63, 3.8) is 0 Å². The summed E-state index contributed by atoms with van der Waals surface area (Å²) in [6.07, 6.45) is -11.7. The van der Waals surface area contributed by atoms with E-state index in [1.165, 1.54) is 13.8 Å². The molecule has 0 bridgehead atoms. The fraction of sp³-hybridized carbons (Fsp3) is 0.385. The van der Waals surface area contributed by atoms with Crippen molar-refractivity contribution < 1.29 is 66.8 Å². The van der Waals surface area contributed by atoms with Gasteiger partial charge in [-0.25, -0.2) is 0 Å². The molecular weight excluding hydrogens is 849 g/mol. The van der Waals surface area contributed by atoms with E-state index in [0.29, 0.717) is 5.75 Å². The fourth-order valence-electron chi connectivity index (χ4n) is 7.86. The van der Waals surface area contributed by atoms with Crippen LogP contribution >= 0.6 is 0 Å². The van der Waals surface area contributed by atoms with Crippen molar-refractivity contribution in [1.29, 1.82) is 0 Å². The Morgan fingerprint density at radius 2 is 0.879 bits per heavy atom. The molecule has 0 unspecified atom stereocenters. The first-order valence-electron chi connectivity index (χ1n) is 22.0. The SMILES string of the molecule is COc1ccc(CO[C@H]2[C@H](O[C@H]3[C@H](OCc4ccccc4)[C@@H](OCc4ccccc4)[C@@H](O)O[C@@H]3COCc3ccccc3)O[C@H](COCc3ccccc3)[C@H](OC(C)=O)[C@@H]2OC(C)=O)cc1. The van der Waals surface area contributed by atoms with Crippen molar-refractivity contribution in [3.8, 4) is 5.75 Å². The van der Waals surface area contributed by atoms with Crippen molar-refractivity contribution in [2.45, 2.75) is 108 Å². The van der Waals surface area contributed by atoms with E-state index in [0.717, 1.165) is 27.8 Å². The zero-order valence-corrected chi connectivity index (χ0v) is 37.3. The summed E-state index contributed by atoms with van der Waals surface area (Å²) in [6, 6.07) is 45.6. The van der Waals surface area contributed by atoms with Gasteiger partial charge in [-0.1, -0.05) is 133 Å². The second-order valence-electron chi connectivity index (χ2n) is 16.0. The molecule has 14 heteroatoms. The van der Waals surface area contributed by atoms with Crippen LogP contribution in [0.2, 0.25) is 0 Å². The second kappa shape index (κ2) is 24.8. The Morgan fingerprint density at radius 3 is 1.35 bits per heavy atom. The number of carbonyl (C=O) groups is 2. The molecule has 0 aliphatic carbocycles. The summed E-state index contributed by atoms with van der Waals surface area (Å²) in [5, 5.41) is 11.8. The molecule has 1 N–H and O–H groups in total. The Balaban J connectivity index is 1.26. The van der Waals surface area contributed by atoms with E-state index in [1.54, 1.807) is 19.2 Å². The average Bonchev–Trinajstić information content (AvgIpc) is 3.33. The number of carbonyl (C=O) groups excluding carboxylic acids is 2. The summed E-state index contributed by atoms with van der Waals surface area (Å²) in [5.41, 5.74) is 4.30. The van der Waals surface area contributed by atoms with Crippen LogP contribution in [0.5, 0.6) is 5.75 Å². The molecule has 0 amide bonds. The summed E-state index contributed by atoms with van der Waals surface area (Å²) in [7, 11) is 1.58. The maximum absolute atomic E-state index is 13.0. The molecule has 5 aromatic rings. The third kappa shape index (κ3) is 14.0. The van der Waals surface area contributed by atoms with Crippen LogP contribution in [0.3, 0.4) is 0 Å². The van der Waals surface area contributed by atoms with Gasteiger partial charge in [0, 0.05) is 13.8 Å². The van der Waals surface area contributed by atoms with Gasteiger partial charge in [-0.15, -0.1) is 0 Å². The highest BCUT2D eigenvalue weighted by molar-refractivity contribution is 5.67. The van der Waals surface area contributed by atoms with Crippen LogP contribution in [0.4, 0.5) is 0 Å². The highest BCUT2D eigenvalue weighted by atomic mass is 16.8. The van der Waals surface area contributed by atoms with Crippen LogP contribution in [-0.2, 0) is 90.0 Å². The topological polar surface area (TPSA) is 156 Å². The molecule has 350 valence electrons. The highest BCUT2D eigenvalue weighted by Crippen LogP contribution is 2.36. The van der Waals surface area contributed by atoms with Gasteiger partial charge in [0.05, 0.1) is 53.4 Å². The van der Waals surface area contributed by atoms with Crippen molar-refractivity contribution in [1.82, 2.24) is 0 Å². The Bertz CT molecular complexity index is 2180. The van der Waals surface area contributed by atoms with E-state index in [-0.39, 0.29) is 46.2 Å². The van der Waals surface area contributed by atoms with E-state index < -0.39 is 73.4 Å². The predicted octanol–water partition coefficient (Wildman–Crippen LogP) is 6.88. The molecule has 2 heterocycles. The molecule has 5 aromatic carbocycles. The number of benzene rings is 5. The average molecular weight is 907 g/mol. The number of ether oxygens (including phenoxy) is 11. The third-order valence-electron chi connectivity index (χ3n) is 11.1. The molecule has 2 aliphatic heterocycles. The summed E-state index contributed by atoms with van der Waals surface area (Å²) < 4.78 is 69.9. The number of hydrogen-bond acceptors (Lipinski definition) is 14. The van der Waals surface area contributed by atoms with Gasteiger partial charge in [0.25, 0.3) is 0 Å². The summed E-state index contributed by atoms with van der Waals surface area (Å²) in [5.74, 6) is -0.646. The number of aliphatic hydroxyl groups excluding tert-OH is 1. The lowest BCUT2D eigenvalue weighted by molar-refractivity contribution is -0.369. The lowest BCUT2D eigenvalue weighted by atomic mass is 9.96. The van der Waals surface area contributed by atoms with Crippen molar-refractivity contribution >= 4 is 11.9 Å². The first kappa shape index (κ1) is 48.4. The molecule has 14 nitrogen and oxygen atoms in total. The minimum Gasteiger partial charge on any atom is -0.497 e. The normalized spacial score (nSPS) is 25.2. The minimum absolute atomic E-state index is 0.00213. The molecule has 0 saturated carbocycles. The van der Waals surface area contributed by atoms with Crippen LogP contribution in [0.15, 0.2) is 146 Å². The van der Waals surface area contributed by atoms with Crippen LogP contribution in [0, 0.1) is 0 Å². The number of aliphatic hydroxyl groups is 1. The van der Waals surface area contributed by atoms with Gasteiger partial charge in [0.2, 0.25) is 0 Å². The predicted molar refractivity (Wildman–Crippen MR) is 239 cm³/mol. The molecule has 2 saturated heterocycles. The second-order valence-corrected chi connectivity index (χ2v) is 16.0. The van der Waals surface area contributed by atoms with Crippen molar-refractivity contribution in [2.24, 2.45) is 0 Å². The Morgan fingerprint density at radius 1 is 0.470 bits per heavy atom. The van der Waals surface area contributed by atoms with E-state index in [9.17, 15) is 14.7 Å². The Hall–Kier alpha value is -5.52. The zero-order chi connectivity index (χ0) is 46.1. The maximum atomic E-state index is 13.0. The van der Waals surface area contributed by atoms with Crippen LogP contribution in [0.25, 0.3) is 0 Å². The van der Waals surface area contributed by atoms with E-state index in [1.807, 2.05) is 133 Å². The summed E-state index contributed by atoms with van der Waals surface area (Å²) in [4.78, 5) is 25.8. The first-order valence-corrected chi connectivity index (χ1v) is 22.0.